The molecule has 0 aromatic heterocycles. The van der Waals surface area contributed by atoms with Crippen LogP contribution in [0.1, 0.15) is 19.4 Å². The van der Waals surface area contributed by atoms with Gasteiger partial charge in [-0.1, -0.05) is 12.1 Å². The zero-order chi connectivity index (χ0) is 20.0. The zero-order valence-electron chi connectivity index (χ0n) is 15.8. The van der Waals surface area contributed by atoms with Crippen LogP contribution in [0.2, 0.25) is 0 Å². The van der Waals surface area contributed by atoms with Gasteiger partial charge in [0.05, 0.1) is 14.2 Å². The Balaban J connectivity index is 2.02. The maximum absolute atomic E-state index is 12.9. The van der Waals surface area contributed by atoms with E-state index in [0.29, 0.717) is 17.2 Å². The number of ether oxygens (including phenoxy) is 2. The number of hydrogen-bond donors (Lipinski definition) is 2. The number of anilines is 1. The van der Waals surface area contributed by atoms with Crippen molar-refractivity contribution in [2.45, 2.75) is 20.4 Å². The SMILES string of the molecule is COc1ccc(NC(=O)C(C)(C)C(=O)NCc2ccc(F)cc2)cc1OC. The minimum Gasteiger partial charge on any atom is -0.493 e. The molecule has 2 aromatic rings. The minimum absolute atomic E-state index is 0.201. The molecule has 2 amide bonds. The summed E-state index contributed by atoms with van der Waals surface area (Å²) in [6.07, 6.45) is 0. The highest BCUT2D eigenvalue weighted by atomic mass is 19.1. The molecule has 0 radical (unpaired) electrons. The van der Waals surface area contributed by atoms with Crippen LogP contribution in [0.3, 0.4) is 0 Å². The van der Waals surface area contributed by atoms with Crippen molar-refractivity contribution in [2.24, 2.45) is 5.41 Å². The van der Waals surface area contributed by atoms with Gasteiger partial charge in [0, 0.05) is 18.3 Å². The standard InChI is InChI=1S/C20H23FN2O4/c1-20(2,18(24)22-12-13-5-7-14(21)8-6-13)19(25)23-15-9-10-16(26-3)17(11-15)27-4/h5-11H,12H2,1-4H3,(H,22,24)(H,23,25). The fourth-order valence-corrected chi connectivity index (χ4v) is 2.31. The fourth-order valence-electron chi connectivity index (χ4n) is 2.31. The highest BCUT2D eigenvalue weighted by molar-refractivity contribution is 6.09. The van der Waals surface area contributed by atoms with Gasteiger partial charge >= 0.3 is 0 Å². The predicted molar refractivity (Wildman–Crippen MR) is 100 cm³/mol. The molecule has 0 atom stereocenters. The molecule has 0 aliphatic heterocycles. The third-order valence-electron chi connectivity index (χ3n) is 4.14. The second-order valence-corrected chi connectivity index (χ2v) is 6.46. The van der Waals surface area contributed by atoms with Crippen molar-refractivity contribution in [3.8, 4) is 11.5 Å². The van der Waals surface area contributed by atoms with Gasteiger partial charge in [0.25, 0.3) is 0 Å². The Morgan fingerprint density at radius 1 is 0.963 bits per heavy atom. The molecule has 6 nitrogen and oxygen atoms in total. The Bertz CT molecular complexity index is 819. The molecular formula is C20H23FN2O4. The largest absolute Gasteiger partial charge is 0.493 e. The lowest BCUT2D eigenvalue weighted by Crippen LogP contribution is -2.44. The molecule has 0 unspecified atom stereocenters. The second-order valence-electron chi connectivity index (χ2n) is 6.46. The fraction of sp³-hybridized carbons (Fsp3) is 0.300. The number of halogens is 1. The lowest BCUT2D eigenvalue weighted by atomic mass is 9.90. The topological polar surface area (TPSA) is 76.7 Å². The first-order chi connectivity index (χ1) is 12.8. The van der Waals surface area contributed by atoms with Crippen molar-refractivity contribution in [1.82, 2.24) is 5.32 Å². The number of carbonyl (C=O) groups excluding carboxylic acids is 2. The van der Waals surface area contributed by atoms with E-state index in [9.17, 15) is 14.0 Å². The van der Waals surface area contributed by atoms with Crippen LogP contribution in [-0.4, -0.2) is 26.0 Å². The molecule has 0 fully saturated rings. The van der Waals surface area contributed by atoms with E-state index in [1.165, 1.54) is 40.2 Å². The summed E-state index contributed by atoms with van der Waals surface area (Å²) in [5.41, 5.74) is -0.0920. The number of amides is 2. The molecule has 2 aromatic carbocycles. The van der Waals surface area contributed by atoms with E-state index in [2.05, 4.69) is 10.6 Å². The Kier molecular flexibility index (Phi) is 6.39. The lowest BCUT2D eigenvalue weighted by Gasteiger charge is -2.23. The molecule has 0 bridgehead atoms. The molecule has 0 aliphatic carbocycles. The first kappa shape index (κ1) is 20.2. The van der Waals surface area contributed by atoms with Crippen molar-refractivity contribution < 1.29 is 23.5 Å². The molecule has 7 heteroatoms. The molecular weight excluding hydrogens is 351 g/mol. The van der Waals surface area contributed by atoms with E-state index >= 15 is 0 Å². The molecule has 0 heterocycles. The first-order valence-corrected chi connectivity index (χ1v) is 8.34. The number of methoxy groups -OCH3 is 2. The van der Waals surface area contributed by atoms with Crippen molar-refractivity contribution in [3.63, 3.8) is 0 Å². The van der Waals surface area contributed by atoms with E-state index in [0.717, 1.165) is 5.56 Å². The Morgan fingerprint density at radius 2 is 1.59 bits per heavy atom. The van der Waals surface area contributed by atoms with E-state index < -0.39 is 17.2 Å². The van der Waals surface area contributed by atoms with Crippen LogP contribution in [0.4, 0.5) is 10.1 Å². The maximum atomic E-state index is 12.9. The molecule has 27 heavy (non-hydrogen) atoms. The third kappa shape index (κ3) is 4.97. The van der Waals surface area contributed by atoms with Crippen LogP contribution in [0.5, 0.6) is 11.5 Å². The van der Waals surface area contributed by atoms with E-state index in [4.69, 9.17) is 9.47 Å². The van der Waals surface area contributed by atoms with Crippen LogP contribution in [0.25, 0.3) is 0 Å². The molecule has 0 spiro atoms. The summed E-state index contributed by atoms with van der Waals surface area (Å²) in [6.45, 7) is 3.26. The van der Waals surface area contributed by atoms with Gasteiger partial charge in [-0.05, 0) is 43.7 Å². The number of benzene rings is 2. The number of carbonyl (C=O) groups is 2. The van der Waals surface area contributed by atoms with Crippen molar-refractivity contribution in [1.29, 1.82) is 0 Å². The maximum Gasteiger partial charge on any atom is 0.239 e. The lowest BCUT2D eigenvalue weighted by molar-refractivity contribution is -0.138. The van der Waals surface area contributed by atoms with Crippen LogP contribution in [0, 0.1) is 11.2 Å². The monoisotopic (exact) mass is 374 g/mol. The highest BCUT2D eigenvalue weighted by Crippen LogP contribution is 2.30. The van der Waals surface area contributed by atoms with Gasteiger partial charge in [0.1, 0.15) is 11.2 Å². The van der Waals surface area contributed by atoms with Gasteiger partial charge in [-0.3, -0.25) is 9.59 Å². The van der Waals surface area contributed by atoms with Crippen molar-refractivity contribution >= 4 is 17.5 Å². The normalized spacial score (nSPS) is 10.9. The van der Waals surface area contributed by atoms with Crippen LogP contribution in [-0.2, 0) is 16.1 Å². The summed E-state index contributed by atoms with van der Waals surface area (Å²) >= 11 is 0. The van der Waals surface area contributed by atoms with E-state index in [1.807, 2.05) is 0 Å². The predicted octanol–water partition coefficient (Wildman–Crippen LogP) is 3.12. The van der Waals surface area contributed by atoms with Crippen molar-refractivity contribution in [3.05, 3.63) is 53.8 Å². The zero-order valence-corrected chi connectivity index (χ0v) is 15.8. The van der Waals surface area contributed by atoms with Gasteiger partial charge in [-0.2, -0.15) is 0 Å². The quantitative estimate of drug-likeness (QED) is 0.730. The van der Waals surface area contributed by atoms with Crippen LogP contribution in [0.15, 0.2) is 42.5 Å². The van der Waals surface area contributed by atoms with Crippen molar-refractivity contribution in [2.75, 3.05) is 19.5 Å². The summed E-state index contributed by atoms with van der Waals surface area (Å²) in [4.78, 5) is 25.1. The van der Waals surface area contributed by atoms with Gasteiger partial charge < -0.3 is 20.1 Å². The van der Waals surface area contributed by atoms with E-state index in [-0.39, 0.29) is 12.4 Å². The number of rotatable bonds is 7. The Hall–Kier alpha value is -3.09. The first-order valence-electron chi connectivity index (χ1n) is 8.34. The van der Waals surface area contributed by atoms with E-state index in [1.54, 1.807) is 30.3 Å². The molecule has 2 rings (SSSR count). The van der Waals surface area contributed by atoms with Gasteiger partial charge in [0.2, 0.25) is 11.8 Å². The Morgan fingerprint density at radius 3 is 2.19 bits per heavy atom. The average Bonchev–Trinajstić information content (AvgIpc) is 2.66. The average molecular weight is 374 g/mol. The van der Waals surface area contributed by atoms with Gasteiger partial charge in [-0.25, -0.2) is 4.39 Å². The summed E-state index contributed by atoms with van der Waals surface area (Å²) in [5.74, 6) is -0.253. The van der Waals surface area contributed by atoms with Crippen LogP contribution >= 0.6 is 0 Å². The highest BCUT2D eigenvalue weighted by Gasteiger charge is 2.36. The third-order valence-corrected chi connectivity index (χ3v) is 4.14. The van der Waals surface area contributed by atoms with Gasteiger partial charge in [0.15, 0.2) is 11.5 Å². The molecule has 0 aliphatic rings. The van der Waals surface area contributed by atoms with Gasteiger partial charge in [-0.15, -0.1) is 0 Å². The molecule has 2 N–H and O–H groups in total. The summed E-state index contributed by atoms with van der Waals surface area (Å²) in [6, 6.07) is 10.7. The summed E-state index contributed by atoms with van der Waals surface area (Å²) in [5, 5.41) is 5.41. The molecule has 0 saturated carbocycles. The second kappa shape index (κ2) is 8.53. The molecule has 144 valence electrons. The van der Waals surface area contributed by atoms with Crippen LogP contribution < -0.4 is 20.1 Å². The smallest absolute Gasteiger partial charge is 0.239 e. The molecule has 0 saturated heterocycles. The minimum atomic E-state index is -1.31. The number of nitrogens with one attached hydrogen (secondary N) is 2. The summed E-state index contributed by atoms with van der Waals surface area (Å²) in [7, 11) is 3.01. The number of hydrogen-bond acceptors (Lipinski definition) is 4. The summed E-state index contributed by atoms with van der Waals surface area (Å²) < 4.78 is 23.3. The Labute approximate surface area is 157 Å².